The van der Waals surface area contributed by atoms with Crippen LogP contribution in [-0.4, -0.2) is 50.0 Å². The van der Waals surface area contributed by atoms with Gasteiger partial charge in [0.15, 0.2) is 0 Å². The van der Waals surface area contributed by atoms with Crippen LogP contribution in [0.4, 0.5) is 11.4 Å². The Morgan fingerprint density at radius 2 is 1.91 bits per heavy atom. The summed E-state index contributed by atoms with van der Waals surface area (Å²) in [5.74, 6) is -0.176. The minimum absolute atomic E-state index is 0.0905. The quantitative estimate of drug-likeness (QED) is 0.345. The molecule has 0 atom stereocenters. The zero-order valence-electron chi connectivity index (χ0n) is 17.3. The number of rotatable bonds is 8. The van der Waals surface area contributed by atoms with Crippen LogP contribution in [0.3, 0.4) is 0 Å². The van der Waals surface area contributed by atoms with E-state index >= 15 is 0 Å². The molecule has 3 N–H and O–H groups in total. The minimum atomic E-state index is -4.08. The zero-order valence-corrected chi connectivity index (χ0v) is 18.1. The number of amides is 1. The number of nitrogens with zero attached hydrogens (tertiary/aromatic N) is 3. The van der Waals surface area contributed by atoms with Gasteiger partial charge in [0.2, 0.25) is 15.9 Å². The number of methoxy groups -OCH3 is 1. The third-order valence-corrected chi connectivity index (χ3v) is 7.10. The first-order valence-electron chi connectivity index (χ1n) is 9.73. The molecule has 0 spiro atoms. The summed E-state index contributed by atoms with van der Waals surface area (Å²) < 4.78 is 32.8. The second-order valence-electron chi connectivity index (χ2n) is 7.16. The number of nitro groups is 1. The summed E-state index contributed by atoms with van der Waals surface area (Å²) in [6.45, 7) is 0.181. The van der Waals surface area contributed by atoms with E-state index in [9.17, 15) is 23.3 Å². The van der Waals surface area contributed by atoms with E-state index in [1.54, 1.807) is 31.4 Å². The summed E-state index contributed by atoms with van der Waals surface area (Å²) in [5, 5.41) is 15.3. The fraction of sp³-hybridized carbons (Fsp3) is 0.300. The maximum Gasteiger partial charge on any atom is 0.270 e. The van der Waals surface area contributed by atoms with Crippen LogP contribution in [0.1, 0.15) is 18.4 Å². The number of nitro benzene ring substituents is 1. The Balaban J connectivity index is 1.86. The molecule has 0 radical (unpaired) electrons. The third kappa shape index (κ3) is 5.21. The number of hydrazone groups is 1. The van der Waals surface area contributed by atoms with E-state index in [2.05, 4.69) is 10.5 Å². The van der Waals surface area contributed by atoms with E-state index < -0.39 is 26.8 Å². The summed E-state index contributed by atoms with van der Waals surface area (Å²) in [4.78, 5) is 21.7. The Hall–Kier alpha value is -3.51. The van der Waals surface area contributed by atoms with Gasteiger partial charge in [-0.05, 0) is 48.7 Å². The summed E-state index contributed by atoms with van der Waals surface area (Å²) in [5.41, 5.74) is 8.45. The molecule has 170 valence electrons. The lowest BCUT2D eigenvalue weighted by molar-refractivity contribution is -0.385. The van der Waals surface area contributed by atoms with Crippen molar-refractivity contribution in [2.75, 3.05) is 25.6 Å². The predicted molar refractivity (Wildman–Crippen MR) is 118 cm³/mol. The number of piperidine rings is 1. The predicted octanol–water partition coefficient (Wildman–Crippen LogP) is 1.94. The SMILES string of the molecule is COc1ccc(/C=N\Nc2ccc([N+](=O)[O-])cc2S(=O)(=O)N2CCC(C(N)=O)CC2)cc1. The van der Waals surface area contributed by atoms with E-state index in [0.29, 0.717) is 18.6 Å². The largest absolute Gasteiger partial charge is 0.497 e. The molecule has 0 aromatic heterocycles. The van der Waals surface area contributed by atoms with Crippen molar-refractivity contribution in [3.8, 4) is 5.75 Å². The van der Waals surface area contributed by atoms with Crippen LogP contribution in [0.25, 0.3) is 0 Å². The van der Waals surface area contributed by atoms with Crippen LogP contribution < -0.4 is 15.9 Å². The number of carbonyl (C=O) groups excluding carboxylic acids is 1. The molecule has 1 heterocycles. The number of hydrogen-bond donors (Lipinski definition) is 2. The first-order valence-corrected chi connectivity index (χ1v) is 11.2. The van der Waals surface area contributed by atoms with Gasteiger partial charge < -0.3 is 10.5 Å². The third-order valence-electron chi connectivity index (χ3n) is 5.16. The number of carbonyl (C=O) groups is 1. The zero-order chi connectivity index (χ0) is 23.3. The number of primary amides is 1. The van der Waals surface area contributed by atoms with Crippen LogP contribution in [0.15, 0.2) is 52.5 Å². The summed E-state index contributed by atoms with van der Waals surface area (Å²) >= 11 is 0. The van der Waals surface area contributed by atoms with Crippen molar-refractivity contribution in [3.63, 3.8) is 0 Å². The summed E-state index contributed by atoms with van der Waals surface area (Å²) in [6.07, 6.45) is 2.07. The Morgan fingerprint density at radius 3 is 2.47 bits per heavy atom. The van der Waals surface area contributed by atoms with Gasteiger partial charge in [0.1, 0.15) is 10.6 Å². The van der Waals surface area contributed by atoms with Crippen molar-refractivity contribution >= 4 is 33.5 Å². The first kappa shape index (κ1) is 23.2. The monoisotopic (exact) mass is 461 g/mol. The molecule has 1 fully saturated rings. The van der Waals surface area contributed by atoms with E-state index in [4.69, 9.17) is 10.5 Å². The molecule has 1 amide bonds. The lowest BCUT2D eigenvalue weighted by atomic mass is 9.98. The highest BCUT2D eigenvalue weighted by Gasteiger charge is 2.33. The molecule has 0 saturated carbocycles. The molecule has 0 aliphatic carbocycles. The van der Waals surface area contributed by atoms with Gasteiger partial charge in [-0.3, -0.25) is 20.3 Å². The number of nitrogens with one attached hydrogen (secondary N) is 1. The lowest BCUT2D eigenvalue weighted by Crippen LogP contribution is -2.41. The van der Waals surface area contributed by atoms with E-state index in [-0.39, 0.29) is 29.4 Å². The van der Waals surface area contributed by atoms with Crippen LogP contribution in [0, 0.1) is 16.0 Å². The van der Waals surface area contributed by atoms with Gasteiger partial charge >= 0.3 is 0 Å². The number of anilines is 1. The van der Waals surface area contributed by atoms with Gasteiger partial charge in [-0.25, -0.2) is 8.42 Å². The highest BCUT2D eigenvalue weighted by molar-refractivity contribution is 7.89. The van der Waals surface area contributed by atoms with Gasteiger partial charge in [0.25, 0.3) is 5.69 Å². The number of ether oxygens (including phenoxy) is 1. The van der Waals surface area contributed by atoms with Crippen molar-refractivity contribution < 1.29 is 22.9 Å². The molecular formula is C20H23N5O6S. The molecule has 1 saturated heterocycles. The van der Waals surface area contributed by atoms with Gasteiger partial charge in [-0.15, -0.1) is 0 Å². The Kier molecular flexibility index (Phi) is 7.05. The minimum Gasteiger partial charge on any atom is -0.497 e. The normalized spacial score (nSPS) is 15.5. The molecule has 32 heavy (non-hydrogen) atoms. The molecule has 11 nitrogen and oxygen atoms in total. The molecule has 2 aromatic carbocycles. The summed E-state index contributed by atoms with van der Waals surface area (Å²) in [6, 6.07) is 10.5. The van der Waals surface area contributed by atoms with E-state index in [1.165, 1.54) is 22.7 Å². The fourth-order valence-electron chi connectivity index (χ4n) is 3.32. The van der Waals surface area contributed by atoms with Crippen molar-refractivity contribution in [2.24, 2.45) is 16.8 Å². The highest BCUT2D eigenvalue weighted by atomic mass is 32.2. The molecule has 0 bridgehead atoms. The average Bonchev–Trinajstić information content (AvgIpc) is 2.79. The van der Waals surface area contributed by atoms with Crippen LogP contribution in [0.5, 0.6) is 5.75 Å². The maximum absolute atomic E-state index is 13.2. The highest BCUT2D eigenvalue weighted by Crippen LogP contribution is 2.31. The van der Waals surface area contributed by atoms with Crippen LogP contribution in [-0.2, 0) is 14.8 Å². The van der Waals surface area contributed by atoms with Crippen molar-refractivity contribution in [1.82, 2.24) is 4.31 Å². The standard InChI is InChI=1S/C20H23N5O6S/c1-31-17-5-2-14(3-6-17)13-22-23-18-7-4-16(25(27)28)12-19(18)32(29,30)24-10-8-15(9-11-24)20(21)26/h2-7,12-13,15,23H,8-11H2,1H3,(H2,21,26)/b22-13-. The molecule has 0 unspecified atom stereocenters. The van der Waals surface area contributed by atoms with Crippen LogP contribution in [0.2, 0.25) is 0 Å². The second-order valence-corrected chi connectivity index (χ2v) is 9.07. The van der Waals surface area contributed by atoms with Gasteiger partial charge in [-0.1, -0.05) is 0 Å². The van der Waals surface area contributed by atoms with Gasteiger partial charge in [-0.2, -0.15) is 9.41 Å². The lowest BCUT2D eigenvalue weighted by Gasteiger charge is -2.30. The topological polar surface area (TPSA) is 157 Å². The maximum atomic E-state index is 13.2. The molecule has 1 aliphatic rings. The molecule has 1 aliphatic heterocycles. The molecular weight excluding hydrogens is 438 g/mol. The number of nitrogens with two attached hydrogens (primary N) is 1. The molecule has 3 rings (SSSR count). The Labute approximate surface area is 185 Å². The second kappa shape index (κ2) is 9.75. The summed E-state index contributed by atoms with van der Waals surface area (Å²) in [7, 11) is -2.52. The van der Waals surface area contributed by atoms with Crippen molar-refractivity contribution in [1.29, 1.82) is 0 Å². The van der Waals surface area contributed by atoms with Crippen molar-refractivity contribution in [3.05, 3.63) is 58.1 Å². The van der Waals surface area contributed by atoms with Crippen molar-refractivity contribution in [2.45, 2.75) is 17.7 Å². The average molecular weight is 462 g/mol. The molecule has 12 heteroatoms. The van der Waals surface area contributed by atoms with Gasteiger partial charge in [0.05, 0.1) is 23.9 Å². The van der Waals surface area contributed by atoms with E-state index in [1.807, 2.05) is 0 Å². The number of hydrogen-bond acceptors (Lipinski definition) is 8. The number of sulfonamides is 1. The van der Waals surface area contributed by atoms with E-state index in [0.717, 1.165) is 11.6 Å². The fourth-order valence-corrected chi connectivity index (χ4v) is 4.95. The first-order chi connectivity index (χ1) is 15.2. The number of benzene rings is 2. The number of non-ortho nitro benzene ring substituents is 1. The van der Waals surface area contributed by atoms with Gasteiger partial charge in [0, 0.05) is 31.1 Å². The Bertz CT molecular complexity index is 1130. The smallest absolute Gasteiger partial charge is 0.270 e. The Morgan fingerprint density at radius 1 is 1.25 bits per heavy atom. The molecule has 2 aromatic rings. The van der Waals surface area contributed by atoms with Crippen LogP contribution >= 0.6 is 0 Å².